The molecule has 0 amide bonds. The molecule has 0 fully saturated rings. The Bertz CT molecular complexity index is 23.7. The number of rotatable bonds is 3. The maximum absolute atomic E-state index is 9.63. The molecule has 0 bridgehead atoms. The quantitative estimate of drug-likeness (QED) is 0.334. The zero-order valence-electron chi connectivity index (χ0n) is 4.11. The third-order valence-electron chi connectivity index (χ3n) is 0.528. The molecule has 0 spiro atoms. The van der Waals surface area contributed by atoms with Crippen molar-refractivity contribution < 1.29 is 26.8 Å². The first-order valence-electron chi connectivity index (χ1n) is 2.06. The summed E-state index contributed by atoms with van der Waals surface area (Å²) in [5, 5.41) is 9.63. The molecule has 1 radical (unpaired) electrons. The Morgan fingerprint density at radius 2 is 1.86 bits per heavy atom. The summed E-state index contributed by atoms with van der Waals surface area (Å²) >= 11 is 5.24. The van der Waals surface area contributed by atoms with Gasteiger partial charge in [0.05, 0.1) is 6.61 Å². The average Bonchev–Trinajstić information content (AvgIpc) is 1.61. The fraction of sp³-hybridized carbons (Fsp3) is 1.00. The van der Waals surface area contributed by atoms with Crippen LogP contribution in [0.1, 0.15) is 12.8 Å². The second-order valence-electron chi connectivity index (χ2n) is 1.10. The molecule has 0 unspecified atom stereocenters. The number of hydrogen-bond acceptors (Lipinski definition) is 0. The van der Waals surface area contributed by atoms with Crippen molar-refractivity contribution >= 4 is 11.6 Å². The summed E-state index contributed by atoms with van der Waals surface area (Å²) in [5.74, 6) is 0.627. The molecule has 0 aromatic carbocycles. The number of halogens is 1. The van der Waals surface area contributed by atoms with Crippen LogP contribution >= 0.6 is 11.6 Å². The van der Waals surface area contributed by atoms with Gasteiger partial charge in [-0.1, -0.05) is 0 Å². The smallest absolute Gasteiger partial charge is 0.0822 e. The van der Waals surface area contributed by atoms with E-state index in [4.69, 9.17) is 11.6 Å². The van der Waals surface area contributed by atoms with Crippen LogP contribution < -0.4 is 0 Å². The summed E-state index contributed by atoms with van der Waals surface area (Å²) in [4.78, 5) is 0. The number of alkyl halides is 1. The van der Waals surface area contributed by atoms with Crippen molar-refractivity contribution in [2.75, 3.05) is 12.5 Å². The molecule has 0 aliphatic carbocycles. The third-order valence-corrected chi connectivity index (χ3v) is 0.795. The Hall–Kier alpha value is 0.964. The fourth-order valence-corrected chi connectivity index (χ4v) is 0.386. The molecule has 0 aromatic heterocycles. The van der Waals surface area contributed by atoms with Crippen LogP contribution in [0.2, 0.25) is 0 Å². The van der Waals surface area contributed by atoms with E-state index >= 15 is 0 Å². The van der Waals surface area contributed by atoms with Crippen molar-refractivity contribution in [2.45, 2.75) is 12.8 Å². The van der Waals surface area contributed by atoms with Gasteiger partial charge in [0.2, 0.25) is 0 Å². The van der Waals surface area contributed by atoms with Crippen LogP contribution in [0, 0.1) is 0 Å². The van der Waals surface area contributed by atoms with Crippen molar-refractivity contribution in [1.29, 1.82) is 0 Å². The minimum atomic E-state index is 0. The summed E-state index contributed by atoms with van der Waals surface area (Å²) in [5.41, 5.74) is 0. The minimum Gasteiger partial charge on any atom is -0.237 e. The molecule has 0 atom stereocenters. The van der Waals surface area contributed by atoms with Gasteiger partial charge in [-0.3, -0.25) is 0 Å². The molecule has 41 valence electrons. The predicted octanol–water partition coefficient (Wildman–Crippen LogP) is 1.43. The largest absolute Gasteiger partial charge is 0.237 e. The molecular formula is C4H8ClOTi. The van der Waals surface area contributed by atoms with Gasteiger partial charge in [0.1, 0.15) is 0 Å². The van der Waals surface area contributed by atoms with E-state index in [1.54, 1.807) is 0 Å². The molecule has 0 aromatic rings. The van der Waals surface area contributed by atoms with Gasteiger partial charge in [0, 0.05) is 27.6 Å². The van der Waals surface area contributed by atoms with E-state index in [-0.39, 0.29) is 28.3 Å². The standard InChI is InChI=1S/C4H8ClO.Ti/c5-3-1-2-4-6;/h1-4H2;. The van der Waals surface area contributed by atoms with Gasteiger partial charge in [-0.05, 0) is 12.8 Å². The first-order chi connectivity index (χ1) is 2.91. The topological polar surface area (TPSA) is 19.9 Å². The van der Waals surface area contributed by atoms with Crippen molar-refractivity contribution in [1.82, 2.24) is 0 Å². The van der Waals surface area contributed by atoms with Crippen LogP contribution in [0.25, 0.3) is 0 Å². The second kappa shape index (κ2) is 10.1. The van der Waals surface area contributed by atoms with Crippen molar-refractivity contribution in [2.24, 2.45) is 0 Å². The predicted molar refractivity (Wildman–Crippen MR) is 25.5 cm³/mol. The zero-order valence-corrected chi connectivity index (χ0v) is 6.43. The molecule has 1 nitrogen and oxygen atoms in total. The Morgan fingerprint density at radius 1 is 1.29 bits per heavy atom. The normalized spacial score (nSPS) is 7.71. The average molecular weight is 155 g/mol. The molecule has 0 N–H and O–H groups in total. The van der Waals surface area contributed by atoms with Gasteiger partial charge in [-0.25, -0.2) is 5.11 Å². The second-order valence-corrected chi connectivity index (χ2v) is 1.48. The Morgan fingerprint density at radius 3 is 2.00 bits per heavy atom. The van der Waals surface area contributed by atoms with E-state index in [0.717, 1.165) is 12.8 Å². The maximum Gasteiger partial charge on any atom is 0.0822 e. The van der Waals surface area contributed by atoms with E-state index < -0.39 is 0 Å². The van der Waals surface area contributed by atoms with E-state index in [2.05, 4.69) is 0 Å². The van der Waals surface area contributed by atoms with Crippen LogP contribution in [-0.2, 0) is 26.8 Å². The molecular weight excluding hydrogens is 147 g/mol. The van der Waals surface area contributed by atoms with E-state index in [1.807, 2.05) is 0 Å². The maximum atomic E-state index is 9.63. The third kappa shape index (κ3) is 10.9. The van der Waals surface area contributed by atoms with Gasteiger partial charge in [0.25, 0.3) is 0 Å². The summed E-state index contributed by atoms with van der Waals surface area (Å²) in [6.45, 7) is 0.0206. The van der Waals surface area contributed by atoms with Gasteiger partial charge in [-0.15, -0.1) is 11.6 Å². The molecule has 7 heavy (non-hydrogen) atoms. The van der Waals surface area contributed by atoms with Gasteiger partial charge >= 0.3 is 0 Å². The molecule has 0 saturated carbocycles. The fourth-order valence-electron chi connectivity index (χ4n) is 0.197. The summed E-state index contributed by atoms with van der Waals surface area (Å²) in [6.07, 6.45) is 1.59. The Balaban J connectivity index is 0. The van der Waals surface area contributed by atoms with E-state index in [9.17, 15) is 5.11 Å². The summed E-state index contributed by atoms with van der Waals surface area (Å²) in [6, 6.07) is 0. The first-order valence-corrected chi connectivity index (χ1v) is 2.59. The number of hydrogen-bond donors (Lipinski definition) is 0. The van der Waals surface area contributed by atoms with Crippen molar-refractivity contribution in [3.05, 3.63) is 0 Å². The Kier molecular flexibility index (Phi) is 15.6. The number of unbranched alkanes of at least 4 members (excludes halogenated alkanes) is 1. The van der Waals surface area contributed by atoms with Crippen molar-refractivity contribution in [3.8, 4) is 0 Å². The van der Waals surface area contributed by atoms with Crippen LogP contribution in [0.4, 0.5) is 0 Å². The molecule has 0 heterocycles. The van der Waals surface area contributed by atoms with Crippen LogP contribution in [-0.4, -0.2) is 12.5 Å². The monoisotopic (exact) mass is 155 g/mol. The first kappa shape index (κ1) is 10.9. The van der Waals surface area contributed by atoms with Crippen LogP contribution in [0.15, 0.2) is 0 Å². The zero-order chi connectivity index (χ0) is 4.83. The molecule has 3 heteroatoms. The Labute approximate surface area is 63.9 Å². The van der Waals surface area contributed by atoms with Gasteiger partial charge in [-0.2, -0.15) is 0 Å². The molecule has 0 aliphatic heterocycles. The van der Waals surface area contributed by atoms with E-state index in [1.165, 1.54) is 0 Å². The van der Waals surface area contributed by atoms with Crippen LogP contribution in [0.3, 0.4) is 0 Å². The van der Waals surface area contributed by atoms with Gasteiger partial charge in [0.15, 0.2) is 0 Å². The van der Waals surface area contributed by atoms with Crippen LogP contribution in [0.5, 0.6) is 0 Å². The van der Waals surface area contributed by atoms with Crippen molar-refractivity contribution in [3.63, 3.8) is 0 Å². The van der Waals surface area contributed by atoms with Gasteiger partial charge < -0.3 is 0 Å². The summed E-state index contributed by atoms with van der Waals surface area (Å²) in [7, 11) is 0. The molecule has 0 saturated heterocycles. The SMILES string of the molecule is [O]CCCCCl.[Ti]. The minimum absolute atomic E-state index is 0. The molecule has 0 aliphatic rings. The summed E-state index contributed by atoms with van der Waals surface area (Å²) < 4.78 is 0. The van der Waals surface area contributed by atoms with E-state index in [0.29, 0.717) is 5.88 Å². The molecule has 0 rings (SSSR count).